The normalized spacial score (nSPS) is 20.7. The first-order valence-corrected chi connectivity index (χ1v) is 9.47. The van der Waals surface area contributed by atoms with Gasteiger partial charge < -0.3 is 15.4 Å². The Labute approximate surface area is 142 Å². The number of nitrogens with two attached hydrogens (primary N) is 1. The monoisotopic (exact) mass is 334 g/mol. The summed E-state index contributed by atoms with van der Waals surface area (Å²) < 4.78 is 5.40. The maximum atomic E-state index is 6.13. The molecule has 0 unspecified atom stereocenters. The van der Waals surface area contributed by atoms with Crippen LogP contribution in [-0.2, 0) is 17.8 Å². The summed E-state index contributed by atoms with van der Waals surface area (Å²) in [6.07, 6.45) is 0. The van der Waals surface area contributed by atoms with Crippen LogP contribution in [0.25, 0.3) is 0 Å². The number of rotatable bonds is 4. The molecule has 6 heteroatoms. The second-order valence-corrected chi connectivity index (χ2v) is 7.21. The van der Waals surface area contributed by atoms with Crippen molar-refractivity contribution in [1.82, 2.24) is 9.80 Å². The number of aliphatic imine (C=N–C) groups is 1. The van der Waals surface area contributed by atoms with Gasteiger partial charge in [-0.05, 0) is 11.1 Å². The summed E-state index contributed by atoms with van der Waals surface area (Å²) in [5, 5.41) is 0. The molecular weight excluding hydrogens is 308 g/mol. The molecule has 126 valence electrons. The predicted octanol–water partition coefficient (Wildman–Crippen LogP) is 1.38. The lowest BCUT2D eigenvalue weighted by molar-refractivity contribution is 0.0342. The lowest BCUT2D eigenvalue weighted by Crippen LogP contribution is -2.42. The third-order valence-corrected chi connectivity index (χ3v) is 5.20. The zero-order valence-corrected chi connectivity index (χ0v) is 14.4. The van der Waals surface area contributed by atoms with Gasteiger partial charge in [0.1, 0.15) is 0 Å². The van der Waals surface area contributed by atoms with Gasteiger partial charge in [0.2, 0.25) is 0 Å². The van der Waals surface area contributed by atoms with E-state index in [-0.39, 0.29) is 0 Å². The summed E-state index contributed by atoms with van der Waals surface area (Å²) in [4.78, 5) is 9.21. The molecule has 2 heterocycles. The van der Waals surface area contributed by atoms with Crippen molar-refractivity contribution < 1.29 is 4.74 Å². The Kier molecular flexibility index (Phi) is 6.19. The zero-order chi connectivity index (χ0) is 15.9. The molecule has 0 aliphatic carbocycles. The first-order valence-electron chi connectivity index (χ1n) is 8.32. The minimum atomic E-state index is 0.659. The molecule has 0 amide bonds. The van der Waals surface area contributed by atoms with E-state index in [0.29, 0.717) is 12.5 Å². The van der Waals surface area contributed by atoms with Crippen molar-refractivity contribution in [3.8, 4) is 0 Å². The van der Waals surface area contributed by atoms with Crippen molar-refractivity contribution in [3.05, 3.63) is 35.4 Å². The molecule has 0 atom stereocenters. The van der Waals surface area contributed by atoms with E-state index in [4.69, 9.17) is 10.5 Å². The van der Waals surface area contributed by atoms with Gasteiger partial charge in [-0.15, -0.1) is 0 Å². The van der Waals surface area contributed by atoms with Crippen molar-refractivity contribution in [1.29, 1.82) is 0 Å². The van der Waals surface area contributed by atoms with Crippen molar-refractivity contribution in [3.63, 3.8) is 0 Å². The van der Waals surface area contributed by atoms with Crippen LogP contribution in [-0.4, -0.2) is 66.7 Å². The summed E-state index contributed by atoms with van der Waals surface area (Å²) >= 11 is 1.98. The van der Waals surface area contributed by atoms with Crippen molar-refractivity contribution >= 4 is 17.7 Å². The van der Waals surface area contributed by atoms with Crippen LogP contribution in [0.5, 0.6) is 0 Å². The van der Waals surface area contributed by atoms with E-state index in [1.807, 2.05) is 11.8 Å². The summed E-state index contributed by atoms with van der Waals surface area (Å²) in [5.74, 6) is 2.97. The first-order chi connectivity index (χ1) is 11.3. The average Bonchev–Trinajstić information content (AvgIpc) is 2.62. The topological polar surface area (TPSA) is 54.1 Å². The minimum absolute atomic E-state index is 0.659. The number of thioether (sulfide) groups is 1. The highest BCUT2D eigenvalue weighted by Gasteiger charge is 2.12. The van der Waals surface area contributed by atoms with Gasteiger partial charge in [-0.2, -0.15) is 11.8 Å². The zero-order valence-electron chi connectivity index (χ0n) is 13.6. The van der Waals surface area contributed by atoms with Gasteiger partial charge in [0, 0.05) is 44.2 Å². The Morgan fingerprint density at radius 1 is 1.13 bits per heavy atom. The van der Waals surface area contributed by atoms with Crippen LogP contribution in [0.4, 0.5) is 0 Å². The van der Waals surface area contributed by atoms with Crippen LogP contribution >= 0.6 is 11.8 Å². The highest BCUT2D eigenvalue weighted by Crippen LogP contribution is 2.12. The summed E-state index contributed by atoms with van der Waals surface area (Å²) in [5.41, 5.74) is 8.70. The van der Waals surface area contributed by atoms with Gasteiger partial charge >= 0.3 is 0 Å². The van der Waals surface area contributed by atoms with Crippen LogP contribution in [0.3, 0.4) is 0 Å². The average molecular weight is 334 g/mol. The smallest absolute Gasteiger partial charge is 0.191 e. The lowest BCUT2D eigenvalue weighted by atomic mass is 10.1. The van der Waals surface area contributed by atoms with Gasteiger partial charge in [-0.25, -0.2) is 4.99 Å². The number of ether oxygens (including phenoxy) is 1. The van der Waals surface area contributed by atoms with E-state index >= 15 is 0 Å². The predicted molar refractivity (Wildman–Crippen MR) is 96.8 cm³/mol. The Morgan fingerprint density at radius 3 is 2.65 bits per heavy atom. The second kappa shape index (κ2) is 8.57. The number of hydrogen-bond acceptors (Lipinski definition) is 4. The molecule has 2 N–H and O–H groups in total. The fourth-order valence-electron chi connectivity index (χ4n) is 2.91. The van der Waals surface area contributed by atoms with Gasteiger partial charge in [-0.1, -0.05) is 24.3 Å². The molecule has 23 heavy (non-hydrogen) atoms. The molecule has 2 fully saturated rings. The van der Waals surface area contributed by atoms with Crippen LogP contribution in [0.15, 0.2) is 29.3 Å². The third-order valence-electron chi connectivity index (χ3n) is 4.26. The van der Waals surface area contributed by atoms with Crippen molar-refractivity contribution in [2.45, 2.75) is 13.1 Å². The number of morpholine rings is 1. The molecule has 0 saturated carbocycles. The number of hydrogen-bond donors (Lipinski definition) is 1. The molecule has 0 radical (unpaired) electrons. The third kappa shape index (κ3) is 5.12. The fraction of sp³-hybridized carbons (Fsp3) is 0.588. The summed E-state index contributed by atoms with van der Waals surface area (Å²) in [6.45, 7) is 7.38. The lowest BCUT2D eigenvalue weighted by Gasteiger charge is -2.27. The van der Waals surface area contributed by atoms with Crippen LogP contribution < -0.4 is 5.73 Å². The Balaban J connectivity index is 1.56. The van der Waals surface area contributed by atoms with E-state index in [1.165, 1.54) is 11.1 Å². The molecule has 2 saturated heterocycles. The van der Waals surface area contributed by atoms with Crippen LogP contribution in [0, 0.1) is 0 Å². The number of guanidine groups is 1. The molecule has 0 spiro atoms. The summed E-state index contributed by atoms with van der Waals surface area (Å²) in [7, 11) is 0. The molecular formula is C17H26N4OS. The Bertz CT molecular complexity index is 525. The molecule has 1 aromatic carbocycles. The number of benzene rings is 1. The molecule has 2 aliphatic rings. The first kappa shape index (κ1) is 16.6. The molecule has 1 aromatic rings. The molecule has 0 aromatic heterocycles. The van der Waals surface area contributed by atoms with Crippen molar-refractivity contribution in [2.75, 3.05) is 50.9 Å². The highest BCUT2D eigenvalue weighted by molar-refractivity contribution is 7.99. The van der Waals surface area contributed by atoms with Crippen LogP contribution in [0.2, 0.25) is 0 Å². The maximum Gasteiger partial charge on any atom is 0.191 e. The van der Waals surface area contributed by atoms with Gasteiger partial charge in [0.05, 0.1) is 19.8 Å². The Morgan fingerprint density at radius 2 is 1.87 bits per heavy atom. The molecule has 3 rings (SSSR count). The van der Waals surface area contributed by atoms with Gasteiger partial charge in [0.15, 0.2) is 5.96 Å². The largest absolute Gasteiger partial charge is 0.379 e. The van der Waals surface area contributed by atoms with Gasteiger partial charge in [-0.3, -0.25) is 4.90 Å². The standard InChI is InChI=1S/C17H26N4OS/c18-17(21-6-10-23-11-7-21)19-13-15-2-1-3-16(12-15)14-20-4-8-22-9-5-20/h1-3,12H,4-11,13-14H2,(H2,18,19). The van der Waals surface area contributed by atoms with E-state index in [2.05, 4.69) is 39.1 Å². The number of nitrogens with zero attached hydrogens (tertiary/aromatic N) is 3. The Hall–Kier alpha value is -1.24. The van der Waals surface area contributed by atoms with Crippen LogP contribution in [0.1, 0.15) is 11.1 Å². The quantitative estimate of drug-likeness (QED) is 0.666. The molecule has 5 nitrogen and oxygen atoms in total. The SMILES string of the molecule is NC(=NCc1cccc(CN2CCOCC2)c1)N1CCSCC1. The van der Waals surface area contributed by atoms with Gasteiger partial charge in [0.25, 0.3) is 0 Å². The summed E-state index contributed by atoms with van der Waals surface area (Å²) in [6, 6.07) is 8.69. The van der Waals surface area contributed by atoms with E-state index in [0.717, 1.165) is 57.4 Å². The van der Waals surface area contributed by atoms with E-state index in [9.17, 15) is 0 Å². The van der Waals surface area contributed by atoms with E-state index in [1.54, 1.807) is 0 Å². The second-order valence-electron chi connectivity index (χ2n) is 5.98. The minimum Gasteiger partial charge on any atom is -0.379 e. The molecule has 2 aliphatic heterocycles. The fourth-order valence-corrected chi connectivity index (χ4v) is 3.81. The highest BCUT2D eigenvalue weighted by atomic mass is 32.2. The van der Waals surface area contributed by atoms with Crippen molar-refractivity contribution in [2.24, 2.45) is 10.7 Å². The maximum absolute atomic E-state index is 6.13. The molecule has 0 bridgehead atoms. The van der Waals surface area contributed by atoms with E-state index < -0.39 is 0 Å².